The van der Waals surface area contributed by atoms with E-state index in [9.17, 15) is 0 Å². The summed E-state index contributed by atoms with van der Waals surface area (Å²) in [5.74, 6) is 0. The van der Waals surface area contributed by atoms with Crippen LogP contribution in [-0.2, 0) is 0 Å². The number of hydrogen-bond donors (Lipinski definition) is 0. The first-order chi connectivity index (χ1) is 11.9. The third kappa shape index (κ3) is 1.39. The van der Waals surface area contributed by atoms with Crippen molar-refractivity contribution in [3.63, 3.8) is 0 Å². The van der Waals surface area contributed by atoms with Crippen molar-refractivity contribution in [1.29, 1.82) is 0 Å². The van der Waals surface area contributed by atoms with Crippen LogP contribution in [0.4, 0.5) is 0 Å². The Morgan fingerprint density at radius 1 is 0.417 bits per heavy atom. The fraction of sp³-hybridized carbons (Fsp3) is 0. The van der Waals surface area contributed by atoms with E-state index in [-0.39, 0.29) is 0 Å². The van der Waals surface area contributed by atoms with Gasteiger partial charge in [0.15, 0.2) is 0 Å². The fourth-order valence-corrected chi connectivity index (χ4v) is 4.29. The smallest absolute Gasteiger partial charge is 0.00137 e. The Bertz CT molecular complexity index is 1380. The standard InChI is InChI=1S/C24H13/c1-2-10-18-16(6-1)14-17-9-5-12-20-19-11-3-7-15-8-4-13-21(22(15)19)24(18)23(17)20/h1-13H. The lowest BCUT2D eigenvalue weighted by molar-refractivity contribution is 1.78. The molecule has 0 atom stereocenters. The number of fused-ring (bicyclic) bond motifs is 4. The molecule has 0 saturated carbocycles. The first kappa shape index (κ1) is 12.3. The van der Waals surface area contributed by atoms with Crippen LogP contribution in [0.5, 0.6) is 0 Å². The van der Waals surface area contributed by atoms with Gasteiger partial charge in [0.05, 0.1) is 0 Å². The lowest BCUT2D eigenvalue weighted by Gasteiger charge is -2.16. The molecule has 0 aliphatic heterocycles. The fourth-order valence-electron chi connectivity index (χ4n) is 4.29. The Balaban J connectivity index is 2.14. The van der Waals surface area contributed by atoms with Gasteiger partial charge >= 0.3 is 0 Å². The topological polar surface area (TPSA) is 0 Å². The Morgan fingerprint density at radius 3 is 1.92 bits per heavy atom. The van der Waals surface area contributed by atoms with Gasteiger partial charge in [0.25, 0.3) is 0 Å². The predicted octanol–water partition coefficient (Wildman–Crippen LogP) is 6.69. The second-order valence-corrected chi connectivity index (χ2v) is 6.48. The molecule has 0 heteroatoms. The van der Waals surface area contributed by atoms with Gasteiger partial charge in [-0.25, -0.2) is 0 Å². The molecule has 0 fully saturated rings. The van der Waals surface area contributed by atoms with Crippen LogP contribution < -0.4 is 0 Å². The molecule has 0 unspecified atom stereocenters. The van der Waals surface area contributed by atoms with Crippen LogP contribution in [0.25, 0.3) is 53.9 Å². The van der Waals surface area contributed by atoms with Crippen molar-refractivity contribution in [1.82, 2.24) is 0 Å². The average molecular weight is 301 g/mol. The molecule has 0 amide bonds. The minimum atomic E-state index is 1.19. The second kappa shape index (κ2) is 4.24. The molecule has 24 heavy (non-hydrogen) atoms. The van der Waals surface area contributed by atoms with Crippen LogP contribution in [0, 0.1) is 6.07 Å². The first-order valence-corrected chi connectivity index (χ1v) is 8.31. The van der Waals surface area contributed by atoms with Crippen molar-refractivity contribution >= 4 is 53.9 Å². The second-order valence-electron chi connectivity index (χ2n) is 6.48. The molecule has 6 aromatic carbocycles. The van der Waals surface area contributed by atoms with Gasteiger partial charge in [-0.2, -0.15) is 0 Å². The van der Waals surface area contributed by atoms with Gasteiger partial charge in [-0.15, -0.1) is 0 Å². The molecule has 0 aliphatic carbocycles. The van der Waals surface area contributed by atoms with E-state index in [1.165, 1.54) is 53.9 Å². The molecule has 0 bridgehead atoms. The zero-order valence-corrected chi connectivity index (χ0v) is 13.0. The molecule has 109 valence electrons. The summed E-state index contributed by atoms with van der Waals surface area (Å²) in [6.07, 6.45) is 0. The van der Waals surface area contributed by atoms with Gasteiger partial charge < -0.3 is 0 Å². The summed E-state index contributed by atoms with van der Waals surface area (Å²) in [6, 6.07) is 32.1. The molecule has 6 rings (SSSR count). The van der Waals surface area contributed by atoms with Crippen molar-refractivity contribution in [2.75, 3.05) is 0 Å². The van der Waals surface area contributed by atoms with Gasteiger partial charge in [-0.05, 0) is 59.9 Å². The van der Waals surface area contributed by atoms with E-state index in [1.807, 2.05) is 0 Å². The van der Waals surface area contributed by atoms with Gasteiger partial charge in [0.1, 0.15) is 0 Å². The Hall–Kier alpha value is -3.12. The van der Waals surface area contributed by atoms with Gasteiger partial charge in [-0.1, -0.05) is 78.9 Å². The maximum atomic E-state index is 3.62. The van der Waals surface area contributed by atoms with Crippen LogP contribution >= 0.6 is 0 Å². The zero-order chi connectivity index (χ0) is 15.7. The van der Waals surface area contributed by atoms with Crippen LogP contribution in [0.3, 0.4) is 0 Å². The van der Waals surface area contributed by atoms with Gasteiger partial charge in [0, 0.05) is 0 Å². The van der Waals surface area contributed by atoms with Crippen LogP contribution in [0.2, 0.25) is 0 Å². The van der Waals surface area contributed by atoms with E-state index in [2.05, 4.69) is 84.9 Å². The molecular weight excluding hydrogens is 288 g/mol. The number of rotatable bonds is 0. The minimum absolute atomic E-state index is 1.19. The molecular formula is C24H13. The zero-order valence-electron chi connectivity index (χ0n) is 13.0. The molecule has 1 radical (unpaired) electrons. The highest BCUT2D eigenvalue weighted by Gasteiger charge is 2.14. The van der Waals surface area contributed by atoms with Crippen molar-refractivity contribution in [2.24, 2.45) is 0 Å². The molecule has 0 saturated heterocycles. The summed E-state index contributed by atoms with van der Waals surface area (Å²) in [7, 11) is 0. The Kier molecular flexibility index (Phi) is 2.18. The number of hydrogen-bond acceptors (Lipinski definition) is 0. The Morgan fingerprint density at radius 2 is 1.04 bits per heavy atom. The van der Waals surface area contributed by atoms with E-state index in [1.54, 1.807) is 0 Å². The van der Waals surface area contributed by atoms with Crippen molar-refractivity contribution < 1.29 is 0 Å². The van der Waals surface area contributed by atoms with Crippen molar-refractivity contribution in [2.45, 2.75) is 0 Å². The third-order valence-electron chi connectivity index (χ3n) is 5.24. The largest absolute Gasteiger partial charge is 0.0616 e. The Labute approximate surface area is 139 Å². The highest BCUT2D eigenvalue weighted by molar-refractivity contribution is 6.37. The molecule has 0 aromatic heterocycles. The summed E-state index contributed by atoms with van der Waals surface area (Å²) in [5.41, 5.74) is 0. The van der Waals surface area contributed by atoms with E-state index in [4.69, 9.17) is 0 Å². The van der Waals surface area contributed by atoms with Crippen LogP contribution in [-0.4, -0.2) is 0 Å². The van der Waals surface area contributed by atoms with Crippen molar-refractivity contribution in [3.8, 4) is 0 Å². The van der Waals surface area contributed by atoms with Crippen LogP contribution in [0.1, 0.15) is 0 Å². The highest BCUT2D eigenvalue weighted by atomic mass is 14.2. The normalized spacial score (nSPS) is 12.2. The van der Waals surface area contributed by atoms with E-state index >= 15 is 0 Å². The average Bonchev–Trinajstić information content (AvgIpc) is 2.64. The monoisotopic (exact) mass is 301 g/mol. The molecule has 0 aliphatic rings. The molecule has 6 aromatic rings. The van der Waals surface area contributed by atoms with Crippen molar-refractivity contribution in [3.05, 3.63) is 84.9 Å². The molecule has 0 heterocycles. The summed E-state index contributed by atoms with van der Waals surface area (Å²) < 4.78 is 0. The number of benzene rings is 6. The molecule has 0 nitrogen and oxygen atoms in total. The molecule has 0 spiro atoms. The summed E-state index contributed by atoms with van der Waals surface area (Å²) >= 11 is 0. The van der Waals surface area contributed by atoms with E-state index in [0.29, 0.717) is 0 Å². The van der Waals surface area contributed by atoms with Gasteiger partial charge in [-0.3, -0.25) is 0 Å². The highest BCUT2D eigenvalue weighted by Crippen LogP contribution is 2.42. The lowest BCUT2D eigenvalue weighted by Crippen LogP contribution is -1.88. The molecule has 0 N–H and O–H groups in total. The first-order valence-electron chi connectivity index (χ1n) is 8.31. The van der Waals surface area contributed by atoms with Crippen LogP contribution in [0.15, 0.2) is 78.9 Å². The third-order valence-corrected chi connectivity index (χ3v) is 5.24. The predicted molar refractivity (Wildman–Crippen MR) is 104 cm³/mol. The quantitative estimate of drug-likeness (QED) is 0.216. The SMILES string of the molecule is [c]1c2ccccc2c2c3cccc4cccc(c5cccc1c52)c43. The van der Waals surface area contributed by atoms with E-state index < -0.39 is 0 Å². The summed E-state index contributed by atoms with van der Waals surface area (Å²) in [6.45, 7) is 0. The summed E-state index contributed by atoms with van der Waals surface area (Å²) in [4.78, 5) is 0. The summed E-state index contributed by atoms with van der Waals surface area (Å²) in [5, 5.41) is 13.1. The maximum Gasteiger partial charge on any atom is -0.00137 e. The maximum absolute atomic E-state index is 3.62. The minimum Gasteiger partial charge on any atom is -0.0616 e. The van der Waals surface area contributed by atoms with E-state index in [0.717, 1.165) is 0 Å². The lowest BCUT2D eigenvalue weighted by atomic mass is 9.87. The van der Waals surface area contributed by atoms with Gasteiger partial charge in [0.2, 0.25) is 0 Å².